The van der Waals surface area contributed by atoms with Crippen LogP contribution in [0.2, 0.25) is 0 Å². The van der Waals surface area contributed by atoms with Gasteiger partial charge >= 0.3 is 5.97 Å². The summed E-state index contributed by atoms with van der Waals surface area (Å²) in [6.45, 7) is 5.67. The first-order valence-electron chi connectivity index (χ1n) is 7.87. The maximum Gasteiger partial charge on any atom is 0.310 e. The maximum atomic E-state index is 12.1. The van der Waals surface area contributed by atoms with Gasteiger partial charge in [0.15, 0.2) is 5.12 Å². The van der Waals surface area contributed by atoms with Crippen molar-refractivity contribution in [2.24, 2.45) is 5.92 Å². The molecule has 0 spiro atoms. The number of esters is 1. The molecule has 1 heterocycles. The number of ether oxygens (including phenoxy) is 1. The van der Waals surface area contributed by atoms with Gasteiger partial charge < -0.3 is 4.74 Å². The molecule has 23 heavy (non-hydrogen) atoms. The fraction of sp³-hybridized carbons (Fsp3) is 0.556. The van der Waals surface area contributed by atoms with E-state index in [1.165, 1.54) is 11.8 Å². The predicted octanol–water partition coefficient (Wildman–Crippen LogP) is 3.95. The third-order valence-corrected chi connectivity index (χ3v) is 6.11. The second-order valence-corrected chi connectivity index (χ2v) is 9.18. The molecule has 0 bridgehead atoms. The van der Waals surface area contributed by atoms with Crippen molar-refractivity contribution < 1.29 is 14.3 Å². The molecule has 2 atom stereocenters. The van der Waals surface area contributed by atoms with Gasteiger partial charge in [-0.3, -0.25) is 9.59 Å². The van der Waals surface area contributed by atoms with Crippen molar-refractivity contribution in [1.29, 1.82) is 0 Å². The third kappa shape index (κ3) is 6.60. The van der Waals surface area contributed by atoms with Crippen molar-refractivity contribution in [2.75, 3.05) is 11.5 Å². The lowest BCUT2D eigenvalue weighted by molar-refractivity contribution is -0.159. The van der Waals surface area contributed by atoms with Gasteiger partial charge in [-0.1, -0.05) is 42.1 Å². The van der Waals surface area contributed by atoms with Crippen LogP contribution in [0.1, 0.15) is 32.8 Å². The molecule has 1 fully saturated rings. The summed E-state index contributed by atoms with van der Waals surface area (Å²) < 4.78 is 5.45. The van der Waals surface area contributed by atoms with Gasteiger partial charge in [-0.2, -0.15) is 11.8 Å². The largest absolute Gasteiger partial charge is 0.460 e. The van der Waals surface area contributed by atoms with E-state index in [-0.39, 0.29) is 17.0 Å². The van der Waals surface area contributed by atoms with Crippen LogP contribution < -0.4 is 0 Å². The fourth-order valence-corrected chi connectivity index (χ4v) is 4.88. The minimum atomic E-state index is -0.430. The lowest BCUT2D eigenvalue weighted by Gasteiger charge is -2.21. The van der Waals surface area contributed by atoms with Gasteiger partial charge in [0.05, 0.1) is 5.92 Å². The molecular weight excluding hydrogens is 328 g/mol. The van der Waals surface area contributed by atoms with E-state index in [1.54, 1.807) is 11.8 Å². The molecule has 0 amide bonds. The highest BCUT2D eigenvalue weighted by atomic mass is 32.2. The van der Waals surface area contributed by atoms with Crippen molar-refractivity contribution >= 4 is 34.6 Å². The molecule has 3 nitrogen and oxygen atoms in total. The Morgan fingerprint density at radius 3 is 2.61 bits per heavy atom. The zero-order valence-corrected chi connectivity index (χ0v) is 15.5. The Hall–Kier alpha value is -0.940. The van der Waals surface area contributed by atoms with Gasteiger partial charge in [-0.05, 0) is 32.8 Å². The molecule has 5 heteroatoms. The van der Waals surface area contributed by atoms with Crippen LogP contribution in [0, 0.1) is 5.92 Å². The van der Waals surface area contributed by atoms with Gasteiger partial charge in [-0.15, -0.1) is 0 Å². The van der Waals surface area contributed by atoms with E-state index in [0.29, 0.717) is 11.7 Å². The molecule has 1 aliphatic heterocycles. The molecule has 1 aromatic carbocycles. The molecule has 0 aliphatic carbocycles. The number of hydrogen-bond acceptors (Lipinski definition) is 5. The fourth-order valence-electron chi connectivity index (χ4n) is 2.37. The van der Waals surface area contributed by atoms with Crippen molar-refractivity contribution in [3.63, 3.8) is 0 Å². The first-order chi connectivity index (χ1) is 10.8. The third-order valence-electron chi connectivity index (χ3n) is 3.44. The first kappa shape index (κ1) is 18.4. The highest BCUT2D eigenvalue weighted by Gasteiger charge is 2.33. The molecule has 1 saturated heterocycles. The van der Waals surface area contributed by atoms with Gasteiger partial charge in [0.25, 0.3) is 0 Å². The van der Waals surface area contributed by atoms with Crippen molar-refractivity contribution in [3.05, 3.63) is 35.9 Å². The van der Waals surface area contributed by atoms with Crippen LogP contribution in [0.15, 0.2) is 30.3 Å². The van der Waals surface area contributed by atoms with Crippen LogP contribution >= 0.6 is 23.5 Å². The van der Waals surface area contributed by atoms with E-state index in [2.05, 4.69) is 0 Å². The monoisotopic (exact) mass is 352 g/mol. The normalized spacial score (nSPS) is 21.2. The topological polar surface area (TPSA) is 43.4 Å². The SMILES string of the molecule is CC(C)(C)OC(=O)C1CSC(CSC(=O)Cc2ccccc2)C1. The Morgan fingerprint density at radius 2 is 1.96 bits per heavy atom. The Morgan fingerprint density at radius 1 is 1.26 bits per heavy atom. The van der Waals surface area contributed by atoms with E-state index in [9.17, 15) is 9.59 Å². The lowest BCUT2D eigenvalue weighted by Crippen LogP contribution is -2.29. The summed E-state index contributed by atoms with van der Waals surface area (Å²) >= 11 is 3.16. The smallest absolute Gasteiger partial charge is 0.310 e. The average molecular weight is 353 g/mol. The number of hydrogen-bond donors (Lipinski definition) is 0. The number of benzene rings is 1. The lowest BCUT2D eigenvalue weighted by atomic mass is 10.1. The van der Waals surface area contributed by atoms with Crippen LogP contribution in [-0.2, 0) is 20.7 Å². The highest BCUT2D eigenvalue weighted by molar-refractivity contribution is 8.14. The molecule has 126 valence electrons. The van der Waals surface area contributed by atoms with Crippen molar-refractivity contribution in [1.82, 2.24) is 0 Å². The minimum Gasteiger partial charge on any atom is -0.460 e. The zero-order valence-electron chi connectivity index (χ0n) is 13.9. The number of carbonyl (C=O) groups excluding carboxylic acids is 2. The summed E-state index contributed by atoms with van der Waals surface area (Å²) in [5.41, 5.74) is 0.621. The second kappa shape index (κ2) is 8.25. The maximum absolute atomic E-state index is 12.1. The summed E-state index contributed by atoms with van der Waals surface area (Å²) in [7, 11) is 0. The van der Waals surface area contributed by atoms with E-state index in [4.69, 9.17) is 4.74 Å². The van der Waals surface area contributed by atoms with Gasteiger partial charge in [-0.25, -0.2) is 0 Å². The van der Waals surface area contributed by atoms with E-state index in [1.807, 2.05) is 51.1 Å². The molecule has 0 N–H and O–H groups in total. The Bertz CT molecular complexity index is 537. The van der Waals surface area contributed by atoms with Crippen LogP contribution in [0.25, 0.3) is 0 Å². The van der Waals surface area contributed by atoms with Crippen LogP contribution in [0.5, 0.6) is 0 Å². The van der Waals surface area contributed by atoms with Crippen molar-refractivity contribution in [2.45, 2.75) is 44.5 Å². The number of carbonyl (C=O) groups is 2. The standard InChI is InChI=1S/C18H24O3S2/c1-18(2,3)21-17(20)14-10-15(22-11-14)12-23-16(19)9-13-7-5-4-6-8-13/h4-8,14-15H,9-12H2,1-3H3. The number of rotatable bonds is 5. The quantitative estimate of drug-likeness (QED) is 0.751. The molecule has 0 saturated carbocycles. The predicted molar refractivity (Wildman–Crippen MR) is 97.8 cm³/mol. The molecule has 0 radical (unpaired) electrons. The molecule has 1 aliphatic rings. The highest BCUT2D eigenvalue weighted by Crippen LogP contribution is 2.35. The Labute approximate surface area is 146 Å². The molecule has 2 rings (SSSR count). The molecular formula is C18H24O3S2. The summed E-state index contributed by atoms with van der Waals surface area (Å²) in [4.78, 5) is 24.1. The van der Waals surface area contributed by atoms with E-state index < -0.39 is 5.60 Å². The van der Waals surface area contributed by atoms with Crippen molar-refractivity contribution in [3.8, 4) is 0 Å². The summed E-state index contributed by atoms with van der Waals surface area (Å²) in [5.74, 6) is 1.44. The van der Waals surface area contributed by atoms with Gasteiger partial charge in [0.1, 0.15) is 5.60 Å². The summed E-state index contributed by atoms with van der Waals surface area (Å²) in [6, 6.07) is 9.80. The van der Waals surface area contributed by atoms with E-state index >= 15 is 0 Å². The van der Waals surface area contributed by atoms with Crippen LogP contribution in [0.4, 0.5) is 0 Å². The summed E-state index contributed by atoms with van der Waals surface area (Å²) in [5, 5.41) is 0.551. The second-order valence-electron chi connectivity index (χ2n) is 6.77. The first-order valence-corrected chi connectivity index (χ1v) is 9.91. The zero-order chi connectivity index (χ0) is 16.9. The van der Waals surface area contributed by atoms with Crippen LogP contribution in [-0.4, -0.2) is 33.4 Å². The minimum absolute atomic E-state index is 0.0333. The number of thioether (sulfide) groups is 2. The summed E-state index contributed by atoms with van der Waals surface area (Å²) in [6.07, 6.45) is 1.28. The van der Waals surface area contributed by atoms with Crippen LogP contribution in [0.3, 0.4) is 0 Å². The molecule has 1 aromatic rings. The Balaban J connectivity index is 1.71. The average Bonchev–Trinajstić information content (AvgIpc) is 2.93. The van der Waals surface area contributed by atoms with E-state index in [0.717, 1.165) is 23.5 Å². The molecule has 2 unspecified atom stereocenters. The molecule has 0 aromatic heterocycles. The Kier molecular flexibility index (Phi) is 6.60. The van der Waals surface area contributed by atoms with Gasteiger partial charge in [0.2, 0.25) is 0 Å². The van der Waals surface area contributed by atoms with Gasteiger partial charge in [0, 0.05) is 23.2 Å².